The highest BCUT2D eigenvalue weighted by atomic mass is 16.6. The molecule has 4 aromatic rings. The molecule has 0 fully saturated rings. The molecule has 0 saturated heterocycles. The largest absolute Gasteiger partial charge is 0.493 e. The van der Waals surface area contributed by atoms with Crippen LogP contribution in [0.2, 0.25) is 0 Å². The number of carbonyl (C=O) groups is 2. The van der Waals surface area contributed by atoms with E-state index in [4.69, 9.17) is 9.47 Å². The average Bonchev–Trinajstić information content (AvgIpc) is 3.40. The van der Waals surface area contributed by atoms with Crippen molar-refractivity contribution in [1.29, 1.82) is 0 Å². The van der Waals surface area contributed by atoms with E-state index in [1.807, 2.05) is 60.3 Å². The first-order valence-electron chi connectivity index (χ1n) is 10.6. The van der Waals surface area contributed by atoms with E-state index in [2.05, 4.69) is 10.5 Å². The summed E-state index contributed by atoms with van der Waals surface area (Å²) in [6.07, 6.45) is 5.23. The molecule has 0 aliphatic carbocycles. The molecule has 170 valence electrons. The third-order valence-corrected chi connectivity index (χ3v) is 5.09. The van der Waals surface area contributed by atoms with Gasteiger partial charge < -0.3 is 14.0 Å². The SMILES string of the molecule is COc1cc(/C=N\NC(=O)c2ccccc2-n2cccc2)ccc1OC(=O)c1ccc(C)cc1. The third-order valence-electron chi connectivity index (χ3n) is 5.09. The summed E-state index contributed by atoms with van der Waals surface area (Å²) < 4.78 is 12.7. The molecule has 1 N–H and O–H groups in total. The summed E-state index contributed by atoms with van der Waals surface area (Å²) in [5.74, 6) is -0.159. The normalized spacial score (nSPS) is 10.8. The molecule has 0 radical (unpaired) electrons. The van der Waals surface area contributed by atoms with Crippen molar-refractivity contribution in [3.63, 3.8) is 0 Å². The molecule has 0 atom stereocenters. The number of ether oxygens (including phenoxy) is 2. The Balaban J connectivity index is 1.44. The van der Waals surface area contributed by atoms with E-state index >= 15 is 0 Å². The Kier molecular flexibility index (Phi) is 6.84. The van der Waals surface area contributed by atoms with Crippen molar-refractivity contribution in [2.75, 3.05) is 7.11 Å². The summed E-state index contributed by atoms with van der Waals surface area (Å²) in [4.78, 5) is 25.1. The fraction of sp³-hybridized carbons (Fsp3) is 0.0741. The molecule has 7 nitrogen and oxygen atoms in total. The number of esters is 1. The van der Waals surface area contributed by atoms with Gasteiger partial charge in [0.25, 0.3) is 5.91 Å². The van der Waals surface area contributed by atoms with Gasteiger partial charge in [0, 0.05) is 12.4 Å². The molecule has 34 heavy (non-hydrogen) atoms. The molecular weight excluding hydrogens is 430 g/mol. The average molecular weight is 453 g/mol. The molecule has 0 spiro atoms. The van der Waals surface area contributed by atoms with E-state index in [-0.39, 0.29) is 11.7 Å². The maximum atomic E-state index is 12.7. The van der Waals surface area contributed by atoms with Gasteiger partial charge in [-0.3, -0.25) is 4.79 Å². The van der Waals surface area contributed by atoms with Gasteiger partial charge in [0.2, 0.25) is 0 Å². The van der Waals surface area contributed by atoms with Crippen LogP contribution in [0.15, 0.2) is 96.4 Å². The number of aryl methyl sites for hydroxylation is 1. The van der Waals surface area contributed by atoms with Gasteiger partial charge in [-0.25, -0.2) is 10.2 Å². The van der Waals surface area contributed by atoms with Crippen molar-refractivity contribution in [2.45, 2.75) is 6.92 Å². The van der Waals surface area contributed by atoms with Crippen LogP contribution in [-0.2, 0) is 0 Å². The number of benzene rings is 3. The lowest BCUT2D eigenvalue weighted by Crippen LogP contribution is -2.19. The maximum absolute atomic E-state index is 12.7. The van der Waals surface area contributed by atoms with Gasteiger partial charge in [0.05, 0.1) is 30.1 Å². The van der Waals surface area contributed by atoms with Crippen molar-refractivity contribution >= 4 is 18.1 Å². The van der Waals surface area contributed by atoms with Crippen molar-refractivity contribution in [1.82, 2.24) is 9.99 Å². The summed E-state index contributed by atoms with van der Waals surface area (Å²) in [7, 11) is 1.49. The number of rotatable bonds is 7. The standard InChI is InChI=1S/C27H23N3O4/c1-19-9-12-21(13-10-19)27(32)34-24-14-11-20(17-25(24)33-2)18-28-29-26(31)22-7-3-4-8-23(22)30-15-5-6-16-30/h3-18H,1-2H3,(H,29,31)/b28-18-. The minimum absolute atomic E-state index is 0.287. The molecule has 0 saturated carbocycles. The summed E-state index contributed by atoms with van der Waals surface area (Å²) in [5, 5.41) is 4.07. The Morgan fingerprint density at radius 1 is 0.912 bits per heavy atom. The number of hydrazone groups is 1. The number of carbonyl (C=O) groups excluding carboxylic acids is 2. The monoisotopic (exact) mass is 453 g/mol. The van der Waals surface area contributed by atoms with E-state index in [1.54, 1.807) is 42.5 Å². The van der Waals surface area contributed by atoms with Crippen LogP contribution in [0.3, 0.4) is 0 Å². The van der Waals surface area contributed by atoms with Crippen LogP contribution < -0.4 is 14.9 Å². The number of methoxy groups -OCH3 is 1. The van der Waals surface area contributed by atoms with E-state index in [9.17, 15) is 9.59 Å². The molecule has 0 unspecified atom stereocenters. The van der Waals surface area contributed by atoms with Crippen molar-refractivity contribution < 1.29 is 19.1 Å². The smallest absolute Gasteiger partial charge is 0.343 e. The number of para-hydroxylation sites is 1. The van der Waals surface area contributed by atoms with Crippen LogP contribution in [0.5, 0.6) is 11.5 Å². The lowest BCUT2D eigenvalue weighted by Gasteiger charge is -2.10. The summed E-state index contributed by atoms with van der Waals surface area (Å²) in [6.45, 7) is 1.95. The number of amides is 1. The Bertz CT molecular complexity index is 1330. The van der Waals surface area contributed by atoms with Gasteiger partial charge in [0.15, 0.2) is 11.5 Å². The molecule has 3 aromatic carbocycles. The number of nitrogens with one attached hydrogen (secondary N) is 1. The fourth-order valence-electron chi connectivity index (χ4n) is 3.31. The van der Waals surface area contributed by atoms with Gasteiger partial charge in [-0.1, -0.05) is 29.8 Å². The van der Waals surface area contributed by atoms with Crippen LogP contribution in [0, 0.1) is 6.92 Å². The second kappa shape index (κ2) is 10.3. The quantitative estimate of drug-likeness (QED) is 0.189. The highest BCUT2D eigenvalue weighted by molar-refractivity contribution is 5.98. The number of nitrogens with zero attached hydrogens (tertiary/aromatic N) is 2. The van der Waals surface area contributed by atoms with Crippen LogP contribution in [0.25, 0.3) is 5.69 Å². The second-order valence-corrected chi connectivity index (χ2v) is 7.47. The number of hydrogen-bond donors (Lipinski definition) is 1. The van der Waals surface area contributed by atoms with Crippen LogP contribution >= 0.6 is 0 Å². The summed E-state index contributed by atoms with van der Waals surface area (Å²) >= 11 is 0. The molecule has 7 heteroatoms. The topological polar surface area (TPSA) is 81.9 Å². The zero-order valence-electron chi connectivity index (χ0n) is 18.8. The molecule has 0 aliphatic heterocycles. The third kappa shape index (κ3) is 5.21. The Hall–Kier alpha value is -4.65. The molecule has 1 aromatic heterocycles. The van der Waals surface area contributed by atoms with E-state index < -0.39 is 5.97 Å². The number of hydrogen-bond acceptors (Lipinski definition) is 5. The van der Waals surface area contributed by atoms with Crippen molar-refractivity contribution in [2.24, 2.45) is 5.10 Å². The minimum atomic E-state index is -0.478. The van der Waals surface area contributed by atoms with Crippen molar-refractivity contribution in [3.05, 3.63) is 114 Å². The van der Waals surface area contributed by atoms with Gasteiger partial charge >= 0.3 is 5.97 Å². The van der Waals surface area contributed by atoms with Gasteiger partial charge in [-0.05, 0) is 67.1 Å². The predicted molar refractivity (Wildman–Crippen MR) is 130 cm³/mol. The molecule has 1 heterocycles. The first kappa shape index (κ1) is 22.5. The van der Waals surface area contributed by atoms with Gasteiger partial charge in [-0.2, -0.15) is 5.10 Å². The van der Waals surface area contributed by atoms with E-state index in [1.165, 1.54) is 13.3 Å². The van der Waals surface area contributed by atoms with Crippen LogP contribution in [0.1, 0.15) is 31.8 Å². The first-order chi connectivity index (χ1) is 16.5. The van der Waals surface area contributed by atoms with Crippen molar-refractivity contribution in [3.8, 4) is 17.2 Å². The Labute approximate surface area is 197 Å². The Morgan fingerprint density at radius 3 is 2.38 bits per heavy atom. The summed E-state index contributed by atoms with van der Waals surface area (Å²) in [6, 6.07) is 23.2. The predicted octanol–water partition coefficient (Wildman–Crippen LogP) is 4.78. The summed E-state index contributed by atoms with van der Waals surface area (Å²) in [5.41, 5.74) is 5.95. The second-order valence-electron chi connectivity index (χ2n) is 7.47. The molecular formula is C27H23N3O4. The van der Waals surface area contributed by atoms with Gasteiger partial charge in [-0.15, -0.1) is 0 Å². The molecule has 0 aliphatic rings. The maximum Gasteiger partial charge on any atom is 0.343 e. The highest BCUT2D eigenvalue weighted by Gasteiger charge is 2.13. The minimum Gasteiger partial charge on any atom is -0.493 e. The molecule has 0 bridgehead atoms. The van der Waals surface area contributed by atoms with E-state index in [0.29, 0.717) is 22.4 Å². The zero-order chi connectivity index (χ0) is 23.9. The fourth-order valence-corrected chi connectivity index (χ4v) is 3.31. The lowest BCUT2D eigenvalue weighted by molar-refractivity contribution is 0.0729. The zero-order valence-corrected chi connectivity index (χ0v) is 18.8. The highest BCUT2D eigenvalue weighted by Crippen LogP contribution is 2.28. The molecule has 1 amide bonds. The molecule has 4 rings (SSSR count). The van der Waals surface area contributed by atoms with Gasteiger partial charge in [0.1, 0.15) is 0 Å². The number of aromatic nitrogens is 1. The first-order valence-corrected chi connectivity index (χ1v) is 10.6. The van der Waals surface area contributed by atoms with Crippen LogP contribution in [-0.4, -0.2) is 29.8 Å². The Morgan fingerprint density at radius 2 is 1.65 bits per heavy atom. The van der Waals surface area contributed by atoms with Crippen LogP contribution in [0.4, 0.5) is 0 Å². The lowest BCUT2D eigenvalue weighted by atomic mass is 10.1. The van der Waals surface area contributed by atoms with E-state index in [0.717, 1.165) is 11.3 Å².